The monoisotopic (exact) mass is 209 g/mol. The van der Waals surface area contributed by atoms with E-state index in [1.165, 1.54) is 12.8 Å². The van der Waals surface area contributed by atoms with E-state index in [2.05, 4.69) is 24.4 Å². The van der Waals surface area contributed by atoms with Crippen molar-refractivity contribution in [3.8, 4) is 0 Å². The van der Waals surface area contributed by atoms with E-state index in [-0.39, 0.29) is 0 Å². The summed E-state index contributed by atoms with van der Waals surface area (Å²) in [5, 5.41) is 4.33. The predicted molar refractivity (Wildman–Crippen MR) is 62.0 cm³/mol. The molecule has 0 spiro atoms. The summed E-state index contributed by atoms with van der Waals surface area (Å²) < 4.78 is 0. The molecular formula is C12H16ClN. The van der Waals surface area contributed by atoms with Crippen molar-refractivity contribution in [1.29, 1.82) is 0 Å². The molecule has 1 aromatic carbocycles. The molecule has 1 N–H and O–H groups in total. The van der Waals surface area contributed by atoms with Gasteiger partial charge in [0.2, 0.25) is 0 Å². The van der Waals surface area contributed by atoms with Crippen molar-refractivity contribution in [2.75, 3.05) is 5.32 Å². The molecule has 1 aliphatic carbocycles. The molecule has 1 aliphatic rings. The third-order valence-electron chi connectivity index (χ3n) is 2.90. The molecule has 1 atom stereocenters. The van der Waals surface area contributed by atoms with Crippen molar-refractivity contribution in [1.82, 2.24) is 0 Å². The highest BCUT2D eigenvalue weighted by Crippen LogP contribution is 2.34. The Kier molecular flexibility index (Phi) is 2.69. The molecule has 0 amide bonds. The summed E-state index contributed by atoms with van der Waals surface area (Å²) in [5.41, 5.74) is 2.27. The number of aryl methyl sites for hydroxylation is 1. The molecule has 1 unspecified atom stereocenters. The molecule has 2 rings (SSSR count). The summed E-state index contributed by atoms with van der Waals surface area (Å²) in [4.78, 5) is 0. The van der Waals surface area contributed by atoms with Crippen LogP contribution in [0.3, 0.4) is 0 Å². The number of rotatable bonds is 3. The third kappa shape index (κ3) is 2.21. The quantitative estimate of drug-likeness (QED) is 0.797. The van der Waals surface area contributed by atoms with Crippen molar-refractivity contribution < 1.29 is 0 Å². The molecule has 0 saturated heterocycles. The van der Waals surface area contributed by atoms with Gasteiger partial charge in [-0.3, -0.25) is 0 Å². The Hall–Kier alpha value is -0.690. The van der Waals surface area contributed by atoms with Gasteiger partial charge >= 0.3 is 0 Å². The molecule has 0 heterocycles. The van der Waals surface area contributed by atoms with Gasteiger partial charge in [-0.05, 0) is 50.3 Å². The fraction of sp³-hybridized carbons (Fsp3) is 0.500. The molecule has 1 saturated carbocycles. The molecule has 14 heavy (non-hydrogen) atoms. The van der Waals surface area contributed by atoms with Gasteiger partial charge in [0.05, 0.1) is 0 Å². The molecule has 0 aliphatic heterocycles. The Morgan fingerprint density at radius 1 is 1.43 bits per heavy atom. The zero-order valence-corrected chi connectivity index (χ0v) is 9.43. The van der Waals surface area contributed by atoms with Crippen LogP contribution in [0, 0.1) is 12.8 Å². The molecule has 0 bridgehead atoms. The van der Waals surface area contributed by atoms with Crippen LogP contribution in [0.25, 0.3) is 0 Å². The van der Waals surface area contributed by atoms with Gasteiger partial charge in [-0.15, -0.1) is 0 Å². The van der Waals surface area contributed by atoms with E-state index in [9.17, 15) is 0 Å². The Morgan fingerprint density at radius 3 is 2.71 bits per heavy atom. The van der Waals surface area contributed by atoms with E-state index < -0.39 is 0 Å². The van der Waals surface area contributed by atoms with Crippen LogP contribution in [0.5, 0.6) is 0 Å². The standard InChI is InChI=1S/C12H16ClN/c1-8-3-6-11(7-12(8)13)14-9(2)10-4-5-10/h3,6-7,9-10,14H,4-5H2,1-2H3. The summed E-state index contributed by atoms with van der Waals surface area (Å²) in [7, 11) is 0. The second-order valence-corrected chi connectivity index (χ2v) is 4.64. The SMILES string of the molecule is Cc1ccc(NC(C)C2CC2)cc1Cl. The lowest BCUT2D eigenvalue weighted by atomic mass is 10.2. The van der Waals surface area contributed by atoms with E-state index in [0.717, 1.165) is 22.2 Å². The first-order valence-electron chi connectivity index (χ1n) is 5.19. The maximum absolute atomic E-state index is 6.05. The van der Waals surface area contributed by atoms with Crippen LogP contribution in [0.15, 0.2) is 18.2 Å². The van der Waals surface area contributed by atoms with Gasteiger partial charge in [0.25, 0.3) is 0 Å². The number of halogens is 1. The molecule has 1 aromatic rings. The first kappa shape index (κ1) is 9.85. The Morgan fingerprint density at radius 2 is 2.14 bits per heavy atom. The molecule has 1 nitrogen and oxygen atoms in total. The van der Waals surface area contributed by atoms with E-state index in [0.29, 0.717) is 6.04 Å². The maximum Gasteiger partial charge on any atom is 0.0455 e. The topological polar surface area (TPSA) is 12.0 Å². The molecule has 2 heteroatoms. The number of benzene rings is 1. The van der Waals surface area contributed by atoms with E-state index in [1.54, 1.807) is 0 Å². The second kappa shape index (κ2) is 3.82. The zero-order chi connectivity index (χ0) is 10.1. The maximum atomic E-state index is 6.05. The number of anilines is 1. The normalized spacial score (nSPS) is 17.9. The number of hydrogen-bond donors (Lipinski definition) is 1. The Labute approximate surface area is 90.5 Å². The lowest BCUT2D eigenvalue weighted by molar-refractivity contribution is 0.694. The van der Waals surface area contributed by atoms with Crippen molar-refractivity contribution in [3.05, 3.63) is 28.8 Å². The smallest absolute Gasteiger partial charge is 0.0455 e. The highest BCUT2D eigenvalue weighted by atomic mass is 35.5. The molecule has 0 aromatic heterocycles. The lowest BCUT2D eigenvalue weighted by Crippen LogP contribution is -2.17. The number of hydrogen-bond acceptors (Lipinski definition) is 1. The summed E-state index contributed by atoms with van der Waals surface area (Å²) in [6.07, 6.45) is 2.74. The van der Waals surface area contributed by atoms with Gasteiger partial charge < -0.3 is 5.32 Å². The van der Waals surface area contributed by atoms with Crippen LogP contribution < -0.4 is 5.32 Å². The van der Waals surface area contributed by atoms with E-state index >= 15 is 0 Å². The van der Waals surface area contributed by atoms with Crippen LogP contribution in [-0.2, 0) is 0 Å². The first-order valence-corrected chi connectivity index (χ1v) is 5.57. The van der Waals surface area contributed by atoms with Gasteiger partial charge in [0.1, 0.15) is 0 Å². The second-order valence-electron chi connectivity index (χ2n) is 4.23. The summed E-state index contributed by atoms with van der Waals surface area (Å²) in [5.74, 6) is 0.870. The lowest BCUT2D eigenvalue weighted by Gasteiger charge is -2.14. The first-order chi connectivity index (χ1) is 6.66. The van der Waals surface area contributed by atoms with Crippen LogP contribution in [0.2, 0.25) is 5.02 Å². The third-order valence-corrected chi connectivity index (χ3v) is 3.30. The summed E-state index contributed by atoms with van der Waals surface area (Å²) >= 11 is 6.05. The van der Waals surface area contributed by atoms with Crippen LogP contribution >= 0.6 is 11.6 Å². The molecular weight excluding hydrogens is 194 g/mol. The summed E-state index contributed by atoms with van der Waals surface area (Å²) in [6, 6.07) is 6.74. The van der Waals surface area contributed by atoms with Gasteiger partial charge in [0, 0.05) is 16.8 Å². The minimum atomic E-state index is 0.578. The predicted octanol–water partition coefficient (Wildman–Crippen LogP) is 3.86. The summed E-state index contributed by atoms with van der Waals surface area (Å²) in [6.45, 7) is 4.27. The highest BCUT2D eigenvalue weighted by molar-refractivity contribution is 6.31. The average Bonchev–Trinajstić information content (AvgIpc) is 2.94. The van der Waals surface area contributed by atoms with Crippen molar-refractivity contribution >= 4 is 17.3 Å². The molecule has 1 fully saturated rings. The van der Waals surface area contributed by atoms with Gasteiger partial charge in [-0.1, -0.05) is 17.7 Å². The van der Waals surface area contributed by atoms with Gasteiger partial charge in [0.15, 0.2) is 0 Å². The van der Waals surface area contributed by atoms with E-state index in [4.69, 9.17) is 11.6 Å². The minimum absolute atomic E-state index is 0.578. The van der Waals surface area contributed by atoms with Crippen molar-refractivity contribution in [3.63, 3.8) is 0 Å². The minimum Gasteiger partial charge on any atom is -0.382 e. The highest BCUT2D eigenvalue weighted by Gasteiger charge is 2.27. The Balaban J connectivity index is 2.04. The van der Waals surface area contributed by atoms with Gasteiger partial charge in [-0.2, -0.15) is 0 Å². The van der Waals surface area contributed by atoms with Crippen molar-refractivity contribution in [2.45, 2.75) is 32.7 Å². The van der Waals surface area contributed by atoms with Gasteiger partial charge in [-0.25, -0.2) is 0 Å². The zero-order valence-electron chi connectivity index (χ0n) is 8.68. The van der Waals surface area contributed by atoms with Crippen LogP contribution in [-0.4, -0.2) is 6.04 Å². The molecule has 76 valence electrons. The fourth-order valence-corrected chi connectivity index (χ4v) is 1.84. The van der Waals surface area contributed by atoms with Crippen LogP contribution in [0.1, 0.15) is 25.3 Å². The van der Waals surface area contributed by atoms with E-state index in [1.807, 2.05) is 13.0 Å². The largest absolute Gasteiger partial charge is 0.382 e. The Bertz CT molecular complexity index is 331. The average molecular weight is 210 g/mol. The molecule has 0 radical (unpaired) electrons. The van der Waals surface area contributed by atoms with Crippen molar-refractivity contribution in [2.24, 2.45) is 5.92 Å². The van der Waals surface area contributed by atoms with Crippen LogP contribution in [0.4, 0.5) is 5.69 Å². The number of nitrogens with one attached hydrogen (secondary N) is 1. The fourth-order valence-electron chi connectivity index (χ4n) is 1.66.